The van der Waals surface area contributed by atoms with E-state index in [1.165, 1.54) is 11.6 Å². The second kappa shape index (κ2) is 6.55. The highest BCUT2D eigenvalue weighted by Gasteiger charge is 2.25. The van der Waals surface area contributed by atoms with Crippen molar-refractivity contribution in [1.29, 1.82) is 0 Å². The number of fused-ring (bicyclic) bond motifs is 1. The molecule has 4 nitrogen and oxygen atoms in total. The highest BCUT2D eigenvalue weighted by Crippen LogP contribution is 2.28. The molecule has 3 aromatic rings. The van der Waals surface area contributed by atoms with E-state index < -0.39 is 0 Å². The molecule has 1 aliphatic heterocycles. The number of nitrogens with zero attached hydrogens (tertiary/aromatic N) is 1. The van der Waals surface area contributed by atoms with Crippen molar-refractivity contribution in [2.75, 3.05) is 13.1 Å². The number of aromatic nitrogens is 1. The predicted octanol–water partition coefficient (Wildman–Crippen LogP) is 3.55. The van der Waals surface area contributed by atoms with Crippen LogP contribution in [0.5, 0.6) is 0 Å². The maximum atomic E-state index is 12.8. The molecular formula is C21H20N2O2. The van der Waals surface area contributed by atoms with Crippen molar-refractivity contribution in [3.63, 3.8) is 0 Å². The molecule has 126 valence electrons. The van der Waals surface area contributed by atoms with E-state index >= 15 is 0 Å². The molecule has 25 heavy (non-hydrogen) atoms. The zero-order valence-corrected chi connectivity index (χ0v) is 13.9. The molecule has 1 aromatic heterocycles. The van der Waals surface area contributed by atoms with Gasteiger partial charge in [0.2, 0.25) is 0 Å². The molecule has 1 N–H and O–H groups in total. The molecule has 4 heteroatoms. The third kappa shape index (κ3) is 3.07. The van der Waals surface area contributed by atoms with Gasteiger partial charge in [0.1, 0.15) is 5.69 Å². The Kier molecular flexibility index (Phi) is 4.10. The minimum atomic E-state index is -0.114. The average molecular weight is 332 g/mol. The summed E-state index contributed by atoms with van der Waals surface area (Å²) in [7, 11) is 0. The number of amides is 1. The smallest absolute Gasteiger partial charge is 0.270 e. The van der Waals surface area contributed by atoms with Crippen molar-refractivity contribution in [2.24, 2.45) is 0 Å². The van der Waals surface area contributed by atoms with Crippen LogP contribution in [0.15, 0.2) is 65.5 Å². The van der Waals surface area contributed by atoms with Crippen LogP contribution in [-0.4, -0.2) is 28.9 Å². The number of para-hydroxylation sites is 1. The number of piperidine rings is 1. The van der Waals surface area contributed by atoms with E-state index in [0.717, 1.165) is 12.8 Å². The minimum absolute atomic E-state index is 0.0886. The van der Waals surface area contributed by atoms with Gasteiger partial charge in [0.15, 0.2) is 5.43 Å². The number of rotatable bonds is 2. The predicted molar refractivity (Wildman–Crippen MR) is 98.9 cm³/mol. The van der Waals surface area contributed by atoms with Crippen molar-refractivity contribution in [3.05, 3.63) is 82.1 Å². The summed E-state index contributed by atoms with van der Waals surface area (Å²) < 4.78 is 0. The van der Waals surface area contributed by atoms with E-state index in [1.54, 1.807) is 6.07 Å². The first-order valence-electron chi connectivity index (χ1n) is 8.68. The van der Waals surface area contributed by atoms with Crippen molar-refractivity contribution in [2.45, 2.75) is 18.8 Å². The molecule has 2 heterocycles. The Bertz CT molecular complexity index is 954. The summed E-state index contributed by atoms with van der Waals surface area (Å²) in [5.41, 5.74) is 2.31. The summed E-state index contributed by atoms with van der Waals surface area (Å²) in [6.45, 7) is 1.43. The Labute approximate surface area is 146 Å². The first-order chi connectivity index (χ1) is 12.2. The van der Waals surface area contributed by atoms with E-state index in [1.807, 2.05) is 29.2 Å². The van der Waals surface area contributed by atoms with Gasteiger partial charge in [-0.1, -0.05) is 42.5 Å². The number of hydrogen-bond acceptors (Lipinski definition) is 2. The third-order valence-corrected chi connectivity index (χ3v) is 5.02. The number of nitrogens with one attached hydrogen (secondary N) is 1. The number of hydrogen-bond donors (Lipinski definition) is 1. The highest BCUT2D eigenvalue weighted by atomic mass is 16.2. The van der Waals surface area contributed by atoms with Gasteiger partial charge in [-0.2, -0.15) is 0 Å². The van der Waals surface area contributed by atoms with Crippen molar-refractivity contribution >= 4 is 16.8 Å². The summed E-state index contributed by atoms with van der Waals surface area (Å²) in [6, 6.07) is 19.2. The number of likely N-dealkylation sites (tertiary alicyclic amines) is 1. The molecule has 0 spiro atoms. The molecule has 0 bridgehead atoms. The molecule has 0 unspecified atom stereocenters. The first-order valence-corrected chi connectivity index (χ1v) is 8.68. The van der Waals surface area contributed by atoms with E-state index in [4.69, 9.17) is 0 Å². The molecule has 0 saturated carbocycles. The van der Waals surface area contributed by atoms with E-state index in [9.17, 15) is 9.59 Å². The topological polar surface area (TPSA) is 53.2 Å². The summed E-state index contributed by atoms with van der Waals surface area (Å²) in [5, 5.41) is 0.613. The molecule has 1 amide bonds. The molecule has 1 saturated heterocycles. The van der Waals surface area contributed by atoms with Crippen LogP contribution in [0, 0.1) is 0 Å². The molecule has 0 atom stereocenters. The lowest BCUT2D eigenvalue weighted by Gasteiger charge is -2.32. The second-order valence-corrected chi connectivity index (χ2v) is 6.57. The normalized spacial score (nSPS) is 15.4. The molecule has 2 aromatic carbocycles. The van der Waals surface area contributed by atoms with Crippen LogP contribution in [0.3, 0.4) is 0 Å². The molecule has 1 fully saturated rings. The summed E-state index contributed by atoms with van der Waals surface area (Å²) >= 11 is 0. The Balaban J connectivity index is 1.52. The Hall–Kier alpha value is -2.88. The van der Waals surface area contributed by atoms with Gasteiger partial charge in [0, 0.05) is 30.1 Å². The standard InChI is InChI=1S/C21H20N2O2/c24-20-14-19(22-18-9-5-4-8-17(18)20)21(25)23-12-10-16(11-13-23)15-6-2-1-3-7-15/h1-9,14,16H,10-13H2,(H,22,24). The van der Waals surface area contributed by atoms with Crippen LogP contribution in [0.25, 0.3) is 10.9 Å². The van der Waals surface area contributed by atoms with Crippen LogP contribution < -0.4 is 5.43 Å². The first kappa shape index (κ1) is 15.6. The van der Waals surface area contributed by atoms with Crippen molar-refractivity contribution in [1.82, 2.24) is 9.88 Å². The third-order valence-electron chi connectivity index (χ3n) is 5.02. The number of aromatic amines is 1. The van der Waals surface area contributed by atoms with Gasteiger partial charge in [-0.25, -0.2) is 0 Å². The Morgan fingerprint density at radius 2 is 1.64 bits per heavy atom. The molecule has 0 aliphatic carbocycles. The second-order valence-electron chi connectivity index (χ2n) is 6.57. The number of carbonyl (C=O) groups excluding carboxylic acids is 1. The number of carbonyl (C=O) groups is 1. The monoisotopic (exact) mass is 332 g/mol. The quantitative estimate of drug-likeness (QED) is 0.780. The van der Waals surface area contributed by atoms with Gasteiger partial charge in [-0.3, -0.25) is 9.59 Å². The molecule has 0 radical (unpaired) electrons. The van der Waals surface area contributed by atoms with Gasteiger partial charge in [0.25, 0.3) is 5.91 Å². The van der Waals surface area contributed by atoms with Gasteiger partial charge in [-0.05, 0) is 36.5 Å². The van der Waals surface area contributed by atoms with Crippen LogP contribution >= 0.6 is 0 Å². The highest BCUT2D eigenvalue weighted by molar-refractivity contribution is 5.94. The molecule has 1 aliphatic rings. The maximum Gasteiger partial charge on any atom is 0.270 e. The van der Waals surface area contributed by atoms with Gasteiger partial charge in [0.05, 0.1) is 0 Å². The molecular weight excluding hydrogens is 312 g/mol. The zero-order valence-electron chi connectivity index (χ0n) is 13.9. The number of H-pyrrole nitrogens is 1. The van der Waals surface area contributed by atoms with Crippen molar-refractivity contribution < 1.29 is 4.79 Å². The summed E-state index contributed by atoms with van der Waals surface area (Å²) in [5.74, 6) is 0.412. The summed E-state index contributed by atoms with van der Waals surface area (Å²) in [6.07, 6.45) is 1.90. The van der Waals surface area contributed by atoms with Crippen molar-refractivity contribution in [3.8, 4) is 0 Å². The fraction of sp³-hybridized carbons (Fsp3) is 0.238. The lowest BCUT2D eigenvalue weighted by molar-refractivity contribution is 0.0707. The summed E-state index contributed by atoms with van der Waals surface area (Å²) in [4.78, 5) is 30.0. The lowest BCUT2D eigenvalue weighted by Crippen LogP contribution is -2.38. The lowest BCUT2D eigenvalue weighted by atomic mass is 9.89. The van der Waals surface area contributed by atoms with E-state index in [2.05, 4.69) is 29.2 Å². The Morgan fingerprint density at radius 3 is 2.40 bits per heavy atom. The number of pyridine rings is 1. The van der Waals surface area contributed by atoms with Crippen LogP contribution in [0.1, 0.15) is 34.8 Å². The number of benzene rings is 2. The van der Waals surface area contributed by atoms with Crippen LogP contribution in [-0.2, 0) is 0 Å². The van der Waals surface area contributed by atoms with Crippen LogP contribution in [0.4, 0.5) is 0 Å². The maximum absolute atomic E-state index is 12.8. The van der Waals surface area contributed by atoms with Gasteiger partial charge in [-0.15, -0.1) is 0 Å². The van der Waals surface area contributed by atoms with E-state index in [0.29, 0.717) is 35.6 Å². The minimum Gasteiger partial charge on any atom is -0.350 e. The van der Waals surface area contributed by atoms with Gasteiger partial charge < -0.3 is 9.88 Å². The average Bonchev–Trinajstić information content (AvgIpc) is 2.68. The fourth-order valence-corrected chi connectivity index (χ4v) is 3.62. The van der Waals surface area contributed by atoms with Gasteiger partial charge >= 0.3 is 0 Å². The molecule has 4 rings (SSSR count). The van der Waals surface area contributed by atoms with E-state index in [-0.39, 0.29) is 11.3 Å². The van der Waals surface area contributed by atoms with Crippen LogP contribution in [0.2, 0.25) is 0 Å². The Morgan fingerprint density at radius 1 is 0.960 bits per heavy atom. The SMILES string of the molecule is O=C(c1cc(=O)c2ccccc2[nH]1)N1CCC(c2ccccc2)CC1. The fourth-order valence-electron chi connectivity index (χ4n) is 3.62. The zero-order chi connectivity index (χ0) is 17.2. The largest absolute Gasteiger partial charge is 0.350 e.